The minimum atomic E-state index is -0.129. The summed E-state index contributed by atoms with van der Waals surface area (Å²) < 4.78 is 0. The first kappa shape index (κ1) is 27.8. The smallest absolute Gasteiger partial charge is 0.0609 e. The summed E-state index contributed by atoms with van der Waals surface area (Å²) in [5.74, 6) is 0. The van der Waals surface area contributed by atoms with Crippen molar-refractivity contribution in [1.82, 2.24) is 9.80 Å². The fraction of sp³-hybridized carbons (Fsp3) is 1.00. The first-order valence-corrected chi connectivity index (χ1v) is 11.7. The molecule has 0 amide bonds. The molecule has 4 N–H and O–H groups in total. The molecule has 2 aliphatic rings. The topological polar surface area (TPSA) is 87.4 Å². The maximum atomic E-state index is 9.34. The molecule has 180 valence electrons. The van der Waals surface area contributed by atoms with Gasteiger partial charge in [-0.1, -0.05) is 0 Å². The highest BCUT2D eigenvalue weighted by Gasteiger charge is 2.45. The second kappa shape index (κ2) is 10.6. The minimum Gasteiger partial charge on any atom is -0.395 e. The van der Waals surface area contributed by atoms with Crippen LogP contribution in [-0.4, -0.2) is 90.9 Å². The van der Waals surface area contributed by atoms with E-state index >= 15 is 0 Å². The third-order valence-electron chi connectivity index (χ3n) is 7.34. The largest absolute Gasteiger partial charge is 0.395 e. The van der Waals surface area contributed by atoms with Crippen molar-refractivity contribution in [1.29, 1.82) is 0 Å². The molecule has 0 unspecified atom stereocenters. The zero-order chi connectivity index (χ0) is 23.4. The molecule has 0 saturated carbocycles. The van der Waals surface area contributed by atoms with Crippen molar-refractivity contribution >= 4 is 0 Å². The molecule has 2 aliphatic heterocycles. The van der Waals surface area contributed by atoms with E-state index < -0.39 is 0 Å². The van der Waals surface area contributed by atoms with Crippen molar-refractivity contribution in [3.63, 3.8) is 0 Å². The SMILES string of the molecule is CC1(C)CCCC(C)(C)N1C(CO)CO.CC1(C)CCCC(C)(C)N1C(CO)CO. The fourth-order valence-electron chi connectivity index (χ4n) is 6.45. The molecule has 0 aromatic rings. The van der Waals surface area contributed by atoms with E-state index in [1.165, 1.54) is 12.8 Å². The Bertz CT molecular complexity index is 433. The van der Waals surface area contributed by atoms with Gasteiger partial charge in [-0.3, -0.25) is 9.80 Å². The second-order valence-corrected chi connectivity index (χ2v) is 11.7. The van der Waals surface area contributed by atoms with Gasteiger partial charge in [0.1, 0.15) is 0 Å². The molecule has 6 heteroatoms. The molecule has 2 heterocycles. The van der Waals surface area contributed by atoms with Gasteiger partial charge in [-0.2, -0.15) is 0 Å². The lowest BCUT2D eigenvalue weighted by atomic mass is 9.78. The number of hydrogen-bond donors (Lipinski definition) is 4. The van der Waals surface area contributed by atoms with Crippen molar-refractivity contribution in [2.75, 3.05) is 26.4 Å². The van der Waals surface area contributed by atoms with Crippen molar-refractivity contribution in [2.45, 2.75) is 128 Å². The average Bonchev–Trinajstić information content (AvgIpc) is 2.60. The summed E-state index contributed by atoms with van der Waals surface area (Å²) in [4.78, 5) is 4.59. The lowest BCUT2D eigenvalue weighted by Gasteiger charge is -2.55. The number of aliphatic hydroxyl groups excluding tert-OH is 4. The summed E-state index contributed by atoms with van der Waals surface area (Å²) in [7, 11) is 0. The Kier molecular flexibility index (Phi) is 9.81. The molecule has 0 radical (unpaired) electrons. The van der Waals surface area contributed by atoms with Crippen molar-refractivity contribution in [2.24, 2.45) is 0 Å². The Morgan fingerprint density at radius 2 is 0.700 bits per heavy atom. The van der Waals surface area contributed by atoms with Crippen molar-refractivity contribution < 1.29 is 20.4 Å². The summed E-state index contributed by atoms with van der Waals surface area (Å²) in [6, 6.07) is -0.259. The molecule has 0 spiro atoms. The number of aliphatic hydroxyl groups is 4. The Morgan fingerprint density at radius 3 is 0.867 bits per heavy atom. The van der Waals surface area contributed by atoms with Gasteiger partial charge in [0.25, 0.3) is 0 Å². The number of piperidine rings is 2. The van der Waals surface area contributed by atoms with Gasteiger partial charge in [0.15, 0.2) is 0 Å². The molecule has 0 aromatic heterocycles. The van der Waals surface area contributed by atoms with Crippen LogP contribution in [0.5, 0.6) is 0 Å². The number of rotatable bonds is 6. The van der Waals surface area contributed by atoms with Crippen LogP contribution in [-0.2, 0) is 0 Å². The monoisotopic (exact) mass is 430 g/mol. The molecular weight excluding hydrogens is 380 g/mol. The molecule has 0 atom stereocenters. The summed E-state index contributed by atoms with van der Waals surface area (Å²) in [6.45, 7) is 17.7. The van der Waals surface area contributed by atoms with Gasteiger partial charge < -0.3 is 20.4 Å². The van der Waals surface area contributed by atoms with Crippen LogP contribution in [0.25, 0.3) is 0 Å². The van der Waals surface area contributed by atoms with Crippen molar-refractivity contribution in [3.05, 3.63) is 0 Å². The Morgan fingerprint density at radius 1 is 0.500 bits per heavy atom. The van der Waals surface area contributed by atoms with Gasteiger partial charge in [0.2, 0.25) is 0 Å². The van der Waals surface area contributed by atoms with E-state index in [-0.39, 0.29) is 60.7 Å². The number of likely N-dealkylation sites (tertiary alicyclic amines) is 2. The van der Waals surface area contributed by atoms with Crippen LogP contribution < -0.4 is 0 Å². The normalized spacial score (nSPS) is 25.8. The van der Waals surface area contributed by atoms with Crippen molar-refractivity contribution in [3.8, 4) is 0 Å². The molecule has 30 heavy (non-hydrogen) atoms. The lowest BCUT2D eigenvalue weighted by Crippen LogP contribution is -2.64. The van der Waals surface area contributed by atoms with E-state index in [9.17, 15) is 20.4 Å². The maximum Gasteiger partial charge on any atom is 0.0609 e. The van der Waals surface area contributed by atoms with E-state index in [1.807, 2.05) is 0 Å². The molecule has 0 bridgehead atoms. The molecule has 2 fully saturated rings. The van der Waals surface area contributed by atoms with Gasteiger partial charge in [-0.15, -0.1) is 0 Å². The molecule has 6 nitrogen and oxygen atoms in total. The number of nitrogens with zero attached hydrogens (tertiary/aromatic N) is 2. The van der Waals surface area contributed by atoms with Crippen LogP contribution in [0.15, 0.2) is 0 Å². The van der Waals surface area contributed by atoms with E-state index in [1.54, 1.807) is 0 Å². The zero-order valence-corrected chi connectivity index (χ0v) is 20.9. The summed E-state index contributed by atoms with van der Waals surface area (Å²) in [5.41, 5.74) is 0.269. The predicted octanol–water partition coefficient (Wildman–Crippen LogP) is 2.77. The van der Waals surface area contributed by atoms with E-state index in [4.69, 9.17) is 0 Å². The summed E-state index contributed by atoms with van der Waals surface area (Å²) in [5, 5.41) is 37.4. The van der Waals surface area contributed by atoms with Gasteiger partial charge in [0.05, 0.1) is 38.5 Å². The van der Waals surface area contributed by atoms with Gasteiger partial charge in [-0.25, -0.2) is 0 Å². The zero-order valence-electron chi connectivity index (χ0n) is 20.9. The molecular formula is C24H50N2O4. The van der Waals surface area contributed by atoms with Crippen LogP contribution in [0.2, 0.25) is 0 Å². The second-order valence-electron chi connectivity index (χ2n) is 11.7. The first-order chi connectivity index (χ1) is 13.7. The highest BCUT2D eigenvalue weighted by atomic mass is 16.3. The summed E-state index contributed by atoms with van der Waals surface area (Å²) >= 11 is 0. The number of hydrogen-bond acceptors (Lipinski definition) is 6. The third kappa shape index (κ3) is 6.39. The van der Waals surface area contributed by atoms with Gasteiger partial charge >= 0.3 is 0 Å². The van der Waals surface area contributed by atoms with Gasteiger partial charge in [-0.05, 0) is 93.9 Å². The predicted molar refractivity (Wildman–Crippen MR) is 124 cm³/mol. The molecule has 0 aliphatic carbocycles. The molecule has 2 rings (SSSR count). The van der Waals surface area contributed by atoms with E-state index in [0.717, 1.165) is 25.7 Å². The highest BCUT2D eigenvalue weighted by Crippen LogP contribution is 2.40. The Hall–Kier alpha value is -0.240. The van der Waals surface area contributed by atoms with E-state index in [2.05, 4.69) is 65.2 Å². The standard InChI is InChI=1S/2C12H25NO2/c2*1-11(2)6-5-7-12(3,4)13(11)10(8-14)9-15/h2*10,14-15H,5-9H2,1-4H3. The maximum absolute atomic E-state index is 9.34. The van der Waals surface area contributed by atoms with Gasteiger partial charge in [0, 0.05) is 22.2 Å². The Labute approximate surface area is 185 Å². The minimum absolute atomic E-state index is 0.0311. The third-order valence-corrected chi connectivity index (χ3v) is 7.34. The fourth-order valence-corrected chi connectivity index (χ4v) is 6.45. The van der Waals surface area contributed by atoms with Crippen LogP contribution in [0.3, 0.4) is 0 Å². The summed E-state index contributed by atoms with van der Waals surface area (Å²) in [6.07, 6.45) is 6.97. The van der Waals surface area contributed by atoms with Crippen LogP contribution in [0.4, 0.5) is 0 Å². The Balaban J connectivity index is 0.000000300. The van der Waals surface area contributed by atoms with Crippen LogP contribution in [0, 0.1) is 0 Å². The van der Waals surface area contributed by atoms with Crippen LogP contribution >= 0.6 is 0 Å². The quantitative estimate of drug-likeness (QED) is 0.518. The highest BCUT2D eigenvalue weighted by molar-refractivity contribution is 5.01. The lowest BCUT2D eigenvalue weighted by molar-refractivity contribution is -0.0886. The molecule has 2 saturated heterocycles. The molecule has 0 aromatic carbocycles. The first-order valence-electron chi connectivity index (χ1n) is 11.7. The van der Waals surface area contributed by atoms with E-state index in [0.29, 0.717) is 0 Å². The average molecular weight is 431 g/mol. The van der Waals surface area contributed by atoms with Crippen LogP contribution in [0.1, 0.15) is 93.9 Å².